The number of hydrogen-bond donors (Lipinski definition) is 2. The summed E-state index contributed by atoms with van der Waals surface area (Å²) in [6.07, 6.45) is 1.52. The van der Waals surface area contributed by atoms with E-state index in [1.165, 1.54) is 34.9 Å². The number of amides is 1. The lowest BCUT2D eigenvalue weighted by molar-refractivity contribution is -0.118. The summed E-state index contributed by atoms with van der Waals surface area (Å²) in [7, 11) is 0. The Morgan fingerprint density at radius 2 is 1.78 bits per heavy atom. The molecule has 6 nitrogen and oxygen atoms in total. The molecule has 1 aromatic heterocycles. The van der Waals surface area contributed by atoms with Gasteiger partial charge in [0.2, 0.25) is 0 Å². The van der Waals surface area contributed by atoms with Gasteiger partial charge in [-0.3, -0.25) is 4.79 Å². The van der Waals surface area contributed by atoms with Gasteiger partial charge in [0, 0.05) is 5.75 Å². The number of hydrogen-bond acceptors (Lipinski definition) is 8. The van der Waals surface area contributed by atoms with Gasteiger partial charge >= 0.3 is 0 Å². The first-order valence-corrected chi connectivity index (χ1v) is 10.7. The first-order chi connectivity index (χ1) is 13.2. The van der Waals surface area contributed by atoms with Gasteiger partial charge in [0.25, 0.3) is 5.91 Å². The summed E-state index contributed by atoms with van der Waals surface area (Å²) in [6, 6.07) is 16.7. The number of phenolic OH excluding ortho intramolecular Hbond substituents is 1. The molecule has 1 heterocycles. The molecule has 3 aromatic rings. The van der Waals surface area contributed by atoms with Crippen molar-refractivity contribution in [2.24, 2.45) is 5.10 Å². The molecule has 0 saturated carbocycles. The number of phenols is 1. The molecule has 1 amide bonds. The first kappa shape index (κ1) is 19.4. The van der Waals surface area contributed by atoms with Crippen LogP contribution in [0.3, 0.4) is 0 Å². The third-order valence-electron chi connectivity index (χ3n) is 3.22. The Kier molecular flexibility index (Phi) is 7.26. The van der Waals surface area contributed by atoms with E-state index in [0.29, 0.717) is 0 Å². The minimum absolute atomic E-state index is 0.186. The molecule has 0 aliphatic heterocycles. The molecule has 2 N–H and O–H groups in total. The molecule has 0 aliphatic carbocycles. The summed E-state index contributed by atoms with van der Waals surface area (Å²) in [5.41, 5.74) is 4.48. The molecular weight excluding hydrogens is 400 g/mol. The lowest BCUT2D eigenvalue weighted by Gasteiger charge is -1.98. The fourth-order valence-corrected chi connectivity index (χ4v) is 4.70. The molecule has 0 fully saturated rings. The number of thioether (sulfide) groups is 2. The number of hydrazone groups is 1. The lowest BCUT2D eigenvalue weighted by atomic mass is 10.2. The van der Waals surface area contributed by atoms with Crippen LogP contribution in [0.2, 0.25) is 0 Å². The monoisotopic (exact) mass is 416 g/mol. The van der Waals surface area contributed by atoms with Crippen molar-refractivity contribution in [3.8, 4) is 5.75 Å². The first-order valence-electron chi connectivity index (χ1n) is 7.93. The maximum absolute atomic E-state index is 11.8. The van der Waals surface area contributed by atoms with Crippen LogP contribution in [0.4, 0.5) is 0 Å². The largest absolute Gasteiger partial charge is 0.508 e. The van der Waals surface area contributed by atoms with Crippen LogP contribution < -0.4 is 5.43 Å². The van der Waals surface area contributed by atoms with E-state index in [1.54, 1.807) is 36.0 Å². The maximum Gasteiger partial charge on any atom is 0.250 e. The van der Waals surface area contributed by atoms with Gasteiger partial charge in [-0.05, 0) is 35.4 Å². The molecule has 0 radical (unpaired) electrons. The molecule has 0 aliphatic rings. The highest BCUT2D eigenvalue weighted by atomic mass is 32.2. The van der Waals surface area contributed by atoms with Gasteiger partial charge in [-0.15, -0.1) is 10.2 Å². The number of rotatable bonds is 8. The number of carbonyl (C=O) groups excluding carboxylic acids is 1. The lowest BCUT2D eigenvalue weighted by Crippen LogP contribution is -2.19. The molecule has 27 heavy (non-hydrogen) atoms. The highest BCUT2D eigenvalue weighted by Gasteiger charge is 2.08. The van der Waals surface area contributed by atoms with Crippen LogP contribution in [-0.2, 0) is 10.5 Å². The average molecular weight is 417 g/mol. The summed E-state index contributed by atoms with van der Waals surface area (Å²) in [5.74, 6) is 1.02. The van der Waals surface area contributed by atoms with Gasteiger partial charge in [-0.1, -0.05) is 65.2 Å². The molecule has 0 unspecified atom stereocenters. The normalized spacial score (nSPS) is 11.0. The summed E-state index contributed by atoms with van der Waals surface area (Å²) in [5, 5.41) is 21.4. The van der Waals surface area contributed by atoms with E-state index in [1.807, 2.05) is 18.2 Å². The van der Waals surface area contributed by atoms with Crippen molar-refractivity contribution in [3.63, 3.8) is 0 Å². The SMILES string of the molecule is O=C(CSc1nnc(SCc2ccccc2)s1)N/N=C\c1ccc(O)cc1. The molecule has 3 rings (SSSR count). The van der Waals surface area contributed by atoms with Gasteiger partial charge in [0.1, 0.15) is 5.75 Å². The fraction of sp³-hybridized carbons (Fsp3) is 0.111. The van der Waals surface area contributed by atoms with Crippen molar-refractivity contribution in [2.75, 3.05) is 5.75 Å². The van der Waals surface area contributed by atoms with E-state index in [4.69, 9.17) is 0 Å². The molecule has 138 valence electrons. The third-order valence-corrected chi connectivity index (χ3v) is 6.48. The zero-order valence-electron chi connectivity index (χ0n) is 14.1. The number of nitrogens with zero attached hydrogens (tertiary/aromatic N) is 3. The van der Waals surface area contributed by atoms with Crippen molar-refractivity contribution in [1.82, 2.24) is 15.6 Å². The summed E-state index contributed by atoms with van der Waals surface area (Å²) >= 11 is 4.44. The number of aromatic hydroxyl groups is 1. The highest BCUT2D eigenvalue weighted by molar-refractivity contribution is 8.03. The molecular formula is C18H16N4O2S3. The van der Waals surface area contributed by atoms with Crippen LogP contribution in [0, 0.1) is 0 Å². The summed E-state index contributed by atoms with van der Waals surface area (Å²) in [4.78, 5) is 11.8. The van der Waals surface area contributed by atoms with E-state index in [2.05, 4.69) is 32.9 Å². The van der Waals surface area contributed by atoms with Crippen LogP contribution >= 0.6 is 34.9 Å². The van der Waals surface area contributed by atoms with E-state index in [9.17, 15) is 9.90 Å². The molecule has 0 spiro atoms. The smallest absolute Gasteiger partial charge is 0.250 e. The maximum atomic E-state index is 11.8. The van der Waals surface area contributed by atoms with Crippen LogP contribution in [0.1, 0.15) is 11.1 Å². The van der Waals surface area contributed by atoms with Crippen molar-refractivity contribution in [1.29, 1.82) is 0 Å². The second-order valence-corrected chi connectivity index (χ2v) is 8.70. The van der Waals surface area contributed by atoms with Gasteiger partial charge < -0.3 is 5.11 Å². The Morgan fingerprint density at radius 1 is 1.07 bits per heavy atom. The van der Waals surface area contributed by atoms with E-state index < -0.39 is 0 Å². The molecule has 0 saturated heterocycles. The van der Waals surface area contributed by atoms with Gasteiger partial charge in [-0.25, -0.2) is 5.43 Å². The predicted octanol–water partition coefficient (Wildman–Crippen LogP) is 3.78. The Labute approximate surface area is 169 Å². The van der Waals surface area contributed by atoms with Crippen LogP contribution in [0.25, 0.3) is 0 Å². The zero-order chi connectivity index (χ0) is 18.9. The Bertz CT molecular complexity index is 898. The molecule has 2 aromatic carbocycles. The second-order valence-electron chi connectivity index (χ2n) is 5.28. The zero-order valence-corrected chi connectivity index (χ0v) is 16.6. The van der Waals surface area contributed by atoms with Gasteiger partial charge in [0.05, 0.1) is 12.0 Å². The van der Waals surface area contributed by atoms with Crippen LogP contribution in [-0.4, -0.2) is 33.2 Å². The van der Waals surface area contributed by atoms with Crippen molar-refractivity contribution >= 4 is 47.0 Å². The summed E-state index contributed by atoms with van der Waals surface area (Å²) < 4.78 is 1.63. The fourth-order valence-electron chi connectivity index (χ4n) is 1.93. The van der Waals surface area contributed by atoms with Crippen molar-refractivity contribution in [2.45, 2.75) is 14.4 Å². The average Bonchev–Trinajstić information content (AvgIpc) is 3.15. The van der Waals surface area contributed by atoms with Gasteiger partial charge in [0.15, 0.2) is 8.68 Å². The quantitative estimate of drug-likeness (QED) is 0.330. The number of carbonyl (C=O) groups is 1. The minimum atomic E-state index is -0.219. The molecule has 0 atom stereocenters. The second kappa shape index (κ2) is 10.1. The predicted molar refractivity (Wildman–Crippen MR) is 110 cm³/mol. The minimum Gasteiger partial charge on any atom is -0.508 e. The topological polar surface area (TPSA) is 87.5 Å². The van der Waals surface area contributed by atoms with Gasteiger partial charge in [-0.2, -0.15) is 5.10 Å². The number of benzene rings is 2. The molecule has 9 heteroatoms. The highest BCUT2D eigenvalue weighted by Crippen LogP contribution is 2.30. The Hall–Kier alpha value is -2.36. The van der Waals surface area contributed by atoms with Crippen LogP contribution in [0.15, 0.2) is 68.4 Å². The van der Waals surface area contributed by atoms with Crippen molar-refractivity contribution < 1.29 is 9.90 Å². The standard InChI is InChI=1S/C18H16N4O2S3/c23-15-8-6-13(7-9-15)10-19-20-16(24)12-26-18-22-21-17(27-18)25-11-14-4-2-1-3-5-14/h1-10,23H,11-12H2,(H,20,24)/b19-10-. The van der Waals surface area contributed by atoms with Crippen molar-refractivity contribution in [3.05, 3.63) is 65.7 Å². The molecule has 0 bridgehead atoms. The van der Waals surface area contributed by atoms with E-state index in [0.717, 1.165) is 20.0 Å². The number of nitrogens with one attached hydrogen (secondary N) is 1. The number of aromatic nitrogens is 2. The van der Waals surface area contributed by atoms with E-state index >= 15 is 0 Å². The Balaban J connectivity index is 1.40. The summed E-state index contributed by atoms with van der Waals surface area (Å²) in [6.45, 7) is 0. The van der Waals surface area contributed by atoms with E-state index in [-0.39, 0.29) is 17.4 Å². The Morgan fingerprint density at radius 3 is 2.52 bits per heavy atom. The van der Waals surface area contributed by atoms with Crippen LogP contribution in [0.5, 0.6) is 5.75 Å². The third kappa shape index (κ3) is 6.70.